The van der Waals surface area contributed by atoms with Crippen LogP contribution in [0.2, 0.25) is 0 Å². The zero-order chi connectivity index (χ0) is 22.6. The van der Waals surface area contributed by atoms with Crippen LogP contribution in [0.25, 0.3) is 0 Å². The molecule has 3 rings (SSSR count). The molecule has 0 spiro atoms. The maximum absolute atomic E-state index is 13.1. The van der Waals surface area contributed by atoms with E-state index in [0.717, 1.165) is 24.9 Å². The minimum atomic E-state index is -0.512. The van der Waals surface area contributed by atoms with E-state index in [1.54, 1.807) is 4.90 Å². The molecule has 1 unspecified atom stereocenters. The number of amides is 2. The van der Waals surface area contributed by atoms with Gasteiger partial charge in [0.2, 0.25) is 5.91 Å². The van der Waals surface area contributed by atoms with Gasteiger partial charge in [0.25, 0.3) is 0 Å². The highest BCUT2D eigenvalue weighted by Gasteiger charge is 2.40. The third kappa shape index (κ3) is 6.96. The Bertz CT molecular complexity index is 740. The summed E-state index contributed by atoms with van der Waals surface area (Å²) >= 11 is 0. The molecule has 0 aromatic heterocycles. The lowest BCUT2D eigenvalue weighted by molar-refractivity contribution is -0.123. The zero-order valence-electron chi connectivity index (χ0n) is 19.7. The van der Waals surface area contributed by atoms with Gasteiger partial charge < -0.3 is 20.3 Å². The van der Waals surface area contributed by atoms with Gasteiger partial charge in [0.1, 0.15) is 5.60 Å². The summed E-state index contributed by atoms with van der Waals surface area (Å²) in [7, 11) is 0. The first-order valence-corrected chi connectivity index (χ1v) is 11.7. The molecular formula is C25H39N3O3. The molecule has 1 aromatic carbocycles. The zero-order valence-corrected chi connectivity index (χ0v) is 19.7. The van der Waals surface area contributed by atoms with Gasteiger partial charge in [0, 0.05) is 32.2 Å². The largest absolute Gasteiger partial charge is 0.444 e. The molecule has 0 radical (unpaired) electrons. The number of nitrogens with one attached hydrogen (secondary N) is 2. The first-order valence-electron chi connectivity index (χ1n) is 11.7. The van der Waals surface area contributed by atoms with Crippen LogP contribution in [0.1, 0.15) is 58.9 Å². The fourth-order valence-electron chi connectivity index (χ4n) is 4.33. The molecule has 1 heterocycles. The molecule has 2 fully saturated rings. The van der Waals surface area contributed by atoms with E-state index in [4.69, 9.17) is 4.74 Å². The monoisotopic (exact) mass is 429 g/mol. The van der Waals surface area contributed by atoms with E-state index < -0.39 is 5.60 Å². The summed E-state index contributed by atoms with van der Waals surface area (Å²) in [5.41, 5.74) is 0.588. The van der Waals surface area contributed by atoms with Crippen LogP contribution in [0.15, 0.2) is 30.3 Å². The highest BCUT2D eigenvalue weighted by atomic mass is 16.6. The minimum absolute atomic E-state index is 0.0724. The second-order valence-corrected chi connectivity index (χ2v) is 10.4. The molecule has 1 aliphatic carbocycles. The highest BCUT2D eigenvalue weighted by molar-refractivity contribution is 5.84. The second-order valence-electron chi connectivity index (χ2n) is 10.4. The van der Waals surface area contributed by atoms with Gasteiger partial charge in [-0.3, -0.25) is 4.79 Å². The number of hydrogen-bond donors (Lipinski definition) is 2. The molecule has 1 aromatic rings. The fraction of sp³-hybridized carbons (Fsp3) is 0.680. The third-order valence-corrected chi connectivity index (χ3v) is 6.09. The standard InChI is InChI=1S/C25H39N3O3/c1-17(2)26-13-20-15-28(24(30)31-25(3,4)5)16-21(20)14-27-23(29)22(19-11-12-19)18-9-7-6-8-10-18/h6-10,17,19-22,26H,11-16H2,1-5H3,(H,27,29)/t20-,21-,22?/m1/s1. The average Bonchev–Trinajstić information content (AvgIpc) is 3.43. The van der Waals surface area contributed by atoms with Gasteiger partial charge in [0.05, 0.1) is 5.92 Å². The summed E-state index contributed by atoms with van der Waals surface area (Å²) in [5.74, 6) is 0.976. The molecule has 6 nitrogen and oxygen atoms in total. The number of rotatable bonds is 8. The Morgan fingerprint density at radius 3 is 2.23 bits per heavy atom. The molecule has 1 aliphatic heterocycles. The number of benzene rings is 1. The van der Waals surface area contributed by atoms with Gasteiger partial charge in [-0.2, -0.15) is 0 Å². The van der Waals surface area contributed by atoms with Crippen molar-refractivity contribution < 1.29 is 14.3 Å². The van der Waals surface area contributed by atoms with Crippen molar-refractivity contribution in [1.29, 1.82) is 0 Å². The third-order valence-electron chi connectivity index (χ3n) is 6.09. The number of carbonyl (C=O) groups is 2. The van der Waals surface area contributed by atoms with Gasteiger partial charge >= 0.3 is 6.09 Å². The van der Waals surface area contributed by atoms with Gasteiger partial charge in [0.15, 0.2) is 0 Å². The van der Waals surface area contributed by atoms with Crippen molar-refractivity contribution in [3.8, 4) is 0 Å². The van der Waals surface area contributed by atoms with Crippen molar-refractivity contribution >= 4 is 12.0 Å². The maximum atomic E-state index is 13.1. The van der Waals surface area contributed by atoms with Crippen molar-refractivity contribution in [1.82, 2.24) is 15.5 Å². The molecule has 6 heteroatoms. The van der Waals surface area contributed by atoms with E-state index in [1.807, 2.05) is 39.0 Å². The Balaban J connectivity index is 1.62. The summed E-state index contributed by atoms with van der Waals surface area (Å²) in [6.45, 7) is 12.6. The molecule has 2 aliphatic rings. The van der Waals surface area contributed by atoms with E-state index in [2.05, 4.69) is 36.6 Å². The Hall–Kier alpha value is -2.08. The quantitative estimate of drug-likeness (QED) is 0.660. The summed E-state index contributed by atoms with van der Waals surface area (Å²) in [6.07, 6.45) is 1.96. The van der Waals surface area contributed by atoms with Crippen molar-refractivity contribution in [3.05, 3.63) is 35.9 Å². The van der Waals surface area contributed by atoms with Gasteiger partial charge in [-0.25, -0.2) is 4.79 Å². The van der Waals surface area contributed by atoms with E-state index in [9.17, 15) is 9.59 Å². The van der Waals surface area contributed by atoms with Crippen molar-refractivity contribution in [2.45, 2.75) is 65.0 Å². The summed E-state index contributed by atoms with van der Waals surface area (Å²) in [5, 5.41) is 6.72. The molecule has 1 saturated heterocycles. The van der Waals surface area contributed by atoms with Gasteiger partial charge in [-0.15, -0.1) is 0 Å². The maximum Gasteiger partial charge on any atom is 0.410 e. The van der Waals surface area contributed by atoms with E-state index in [0.29, 0.717) is 31.6 Å². The fourth-order valence-corrected chi connectivity index (χ4v) is 4.33. The lowest BCUT2D eigenvalue weighted by Gasteiger charge is -2.24. The van der Waals surface area contributed by atoms with E-state index >= 15 is 0 Å². The summed E-state index contributed by atoms with van der Waals surface area (Å²) < 4.78 is 5.58. The van der Waals surface area contributed by atoms with Crippen LogP contribution in [0.3, 0.4) is 0 Å². The molecule has 2 amide bonds. The summed E-state index contributed by atoms with van der Waals surface area (Å²) in [4.78, 5) is 27.5. The highest BCUT2D eigenvalue weighted by Crippen LogP contribution is 2.42. The summed E-state index contributed by atoms with van der Waals surface area (Å²) in [6, 6.07) is 10.5. The Morgan fingerprint density at radius 1 is 1.06 bits per heavy atom. The normalized spacial score (nSPS) is 22.5. The number of nitrogens with zero attached hydrogens (tertiary/aromatic N) is 1. The predicted molar refractivity (Wildman–Crippen MR) is 123 cm³/mol. The molecule has 1 saturated carbocycles. The Labute approximate surface area is 187 Å². The van der Waals surface area contributed by atoms with E-state index in [-0.39, 0.29) is 29.8 Å². The minimum Gasteiger partial charge on any atom is -0.444 e. The lowest BCUT2D eigenvalue weighted by Crippen LogP contribution is -2.39. The molecule has 172 valence electrons. The Kier molecular flexibility index (Phi) is 7.63. The van der Waals surface area contributed by atoms with Crippen LogP contribution >= 0.6 is 0 Å². The van der Waals surface area contributed by atoms with Crippen LogP contribution < -0.4 is 10.6 Å². The molecule has 2 N–H and O–H groups in total. The van der Waals surface area contributed by atoms with Gasteiger partial charge in [-0.05, 0) is 56.9 Å². The molecule has 0 bridgehead atoms. The van der Waals surface area contributed by atoms with Crippen LogP contribution in [0.4, 0.5) is 4.79 Å². The SMILES string of the molecule is CC(C)NC[C@@H]1CN(C(=O)OC(C)(C)C)C[C@H]1CNC(=O)C(c1ccccc1)C1CC1. The van der Waals surface area contributed by atoms with Crippen LogP contribution in [-0.4, -0.2) is 54.7 Å². The lowest BCUT2D eigenvalue weighted by atomic mass is 9.92. The van der Waals surface area contributed by atoms with Crippen LogP contribution in [0, 0.1) is 17.8 Å². The topological polar surface area (TPSA) is 70.7 Å². The van der Waals surface area contributed by atoms with E-state index in [1.165, 1.54) is 0 Å². The van der Waals surface area contributed by atoms with Crippen molar-refractivity contribution in [2.75, 3.05) is 26.2 Å². The van der Waals surface area contributed by atoms with Crippen LogP contribution in [-0.2, 0) is 9.53 Å². The Morgan fingerprint density at radius 2 is 1.68 bits per heavy atom. The first kappa shape index (κ1) is 23.6. The van der Waals surface area contributed by atoms with Crippen LogP contribution in [0.5, 0.6) is 0 Å². The number of likely N-dealkylation sites (tertiary alicyclic amines) is 1. The van der Waals surface area contributed by atoms with Crippen molar-refractivity contribution in [2.24, 2.45) is 17.8 Å². The predicted octanol–water partition coefficient (Wildman–Crippen LogP) is 3.78. The average molecular weight is 430 g/mol. The smallest absolute Gasteiger partial charge is 0.410 e. The molecule has 3 atom stereocenters. The molecule has 31 heavy (non-hydrogen) atoms. The van der Waals surface area contributed by atoms with Gasteiger partial charge in [-0.1, -0.05) is 44.2 Å². The van der Waals surface area contributed by atoms with Crippen molar-refractivity contribution in [3.63, 3.8) is 0 Å². The number of hydrogen-bond acceptors (Lipinski definition) is 4. The first-order chi connectivity index (χ1) is 14.6. The second kappa shape index (κ2) is 10.0. The number of carbonyl (C=O) groups excluding carboxylic acids is 2. The number of ether oxygens (including phenoxy) is 1. The molecular weight excluding hydrogens is 390 g/mol.